The van der Waals surface area contributed by atoms with Gasteiger partial charge < -0.3 is 25.5 Å². The monoisotopic (exact) mass is 491 g/mol. The number of fused-ring (bicyclic) bond motifs is 1. The van der Waals surface area contributed by atoms with E-state index < -0.39 is 35.4 Å². The summed E-state index contributed by atoms with van der Waals surface area (Å²) in [4.78, 5) is 36.7. The van der Waals surface area contributed by atoms with E-state index in [1.807, 2.05) is 6.07 Å². The van der Waals surface area contributed by atoms with Crippen LogP contribution in [-0.2, 0) is 22.3 Å². The van der Waals surface area contributed by atoms with Gasteiger partial charge in [0.15, 0.2) is 0 Å². The van der Waals surface area contributed by atoms with E-state index in [1.165, 1.54) is 6.07 Å². The van der Waals surface area contributed by atoms with Gasteiger partial charge in [-0.1, -0.05) is 30.3 Å². The van der Waals surface area contributed by atoms with Gasteiger partial charge in [-0.25, -0.2) is 9.59 Å². The molecule has 3 rings (SSSR count). The Bertz CT molecular complexity index is 1230. The number of anilines is 1. The van der Waals surface area contributed by atoms with Crippen molar-refractivity contribution in [2.45, 2.75) is 38.1 Å². The quantitative estimate of drug-likeness (QED) is 0.305. The maximum Gasteiger partial charge on any atom is 0.417 e. The molecule has 35 heavy (non-hydrogen) atoms. The predicted octanol–water partition coefficient (Wildman–Crippen LogP) is 4.17. The minimum atomic E-state index is -4.75. The predicted molar refractivity (Wildman–Crippen MR) is 123 cm³/mol. The van der Waals surface area contributed by atoms with Crippen LogP contribution in [0.2, 0.25) is 0 Å². The normalized spacial score (nSPS) is 12.2. The van der Waals surface area contributed by atoms with Crippen molar-refractivity contribution in [2.75, 3.05) is 11.9 Å². The highest BCUT2D eigenvalue weighted by atomic mass is 19.4. The lowest BCUT2D eigenvalue weighted by atomic mass is 10.1. The number of carbonyl (C=O) groups is 2. The number of amides is 2. The number of nitrogens with one attached hydrogen (secondary N) is 2. The first-order chi connectivity index (χ1) is 16.7. The molecule has 0 fully saturated rings. The second kappa shape index (κ2) is 11.5. The summed E-state index contributed by atoms with van der Waals surface area (Å²) in [5.74, 6) is -0.618. The number of alkyl halides is 3. The molecule has 8 nitrogen and oxygen atoms in total. The van der Waals surface area contributed by atoms with E-state index in [0.717, 1.165) is 17.7 Å². The van der Waals surface area contributed by atoms with Gasteiger partial charge in [0.05, 0.1) is 5.56 Å². The zero-order valence-electron chi connectivity index (χ0n) is 18.6. The summed E-state index contributed by atoms with van der Waals surface area (Å²) in [5.41, 5.74) is 3.72. The Balaban J connectivity index is 1.73. The molecule has 1 aromatic heterocycles. The second-order valence-corrected chi connectivity index (χ2v) is 7.72. The lowest BCUT2D eigenvalue weighted by Crippen LogP contribution is -2.44. The number of halogens is 3. The highest BCUT2D eigenvalue weighted by Gasteiger charge is 2.34. The fraction of sp³-hybridized carbons (Fsp3) is 0.292. The van der Waals surface area contributed by atoms with E-state index in [-0.39, 0.29) is 29.7 Å². The lowest BCUT2D eigenvalue weighted by Gasteiger charge is -2.18. The minimum Gasteiger partial charge on any atom is -0.445 e. The summed E-state index contributed by atoms with van der Waals surface area (Å²) >= 11 is 0. The summed E-state index contributed by atoms with van der Waals surface area (Å²) in [5, 5.41) is 4.72. The third kappa shape index (κ3) is 7.31. The summed E-state index contributed by atoms with van der Waals surface area (Å²) in [6, 6.07) is 11.8. The third-order valence-corrected chi connectivity index (χ3v) is 5.09. The largest absolute Gasteiger partial charge is 0.445 e. The average molecular weight is 491 g/mol. The molecule has 1 unspecified atom stereocenters. The van der Waals surface area contributed by atoms with Gasteiger partial charge in [-0.3, -0.25) is 4.79 Å². The summed E-state index contributed by atoms with van der Waals surface area (Å²) in [6.07, 6.45) is -4.15. The van der Waals surface area contributed by atoms with E-state index >= 15 is 0 Å². The highest BCUT2D eigenvalue weighted by molar-refractivity contribution is 5.98. The standard InChI is InChI=1S/C24H24F3N3O5/c25-24(26,27)18-13-21(31)35-20-12-16(9-10-17(18)20)29-22(32)19(8-4-5-11-28)30-23(33)34-14-15-6-2-1-3-7-15/h1-3,6-7,9-10,12-13,19H,4-5,8,11,14,28H2,(H,29,32)(H,30,33). The summed E-state index contributed by atoms with van der Waals surface area (Å²) < 4.78 is 49.8. The van der Waals surface area contributed by atoms with Crippen LogP contribution in [-0.4, -0.2) is 24.6 Å². The van der Waals surface area contributed by atoms with Crippen LogP contribution >= 0.6 is 0 Å². The molecule has 4 N–H and O–H groups in total. The number of unbranched alkanes of at least 4 members (excludes halogenated alkanes) is 1. The molecule has 2 amide bonds. The molecular formula is C24H24F3N3O5. The number of ether oxygens (including phenoxy) is 1. The van der Waals surface area contributed by atoms with E-state index in [1.54, 1.807) is 24.3 Å². The van der Waals surface area contributed by atoms with Crippen molar-refractivity contribution >= 4 is 28.7 Å². The first-order valence-corrected chi connectivity index (χ1v) is 10.8. The molecule has 1 atom stereocenters. The van der Waals surface area contributed by atoms with Gasteiger partial charge >= 0.3 is 17.9 Å². The maximum atomic E-state index is 13.2. The van der Waals surface area contributed by atoms with E-state index in [0.29, 0.717) is 25.5 Å². The average Bonchev–Trinajstić information content (AvgIpc) is 2.81. The lowest BCUT2D eigenvalue weighted by molar-refractivity contribution is -0.136. The first kappa shape index (κ1) is 25.8. The number of benzene rings is 2. The Morgan fingerprint density at radius 2 is 1.80 bits per heavy atom. The smallest absolute Gasteiger partial charge is 0.417 e. The van der Waals surface area contributed by atoms with Crippen molar-refractivity contribution in [2.24, 2.45) is 5.73 Å². The zero-order chi connectivity index (χ0) is 25.4. The molecule has 186 valence electrons. The molecule has 0 aliphatic carbocycles. The first-order valence-electron chi connectivity index (χ1n) is 10.8. The topological polar surface area (TPSA) is 124 Å². The number of hydrogen-bond acceptors (Lipinski definition) is 6. The van der Waals surface area contributed by atoms with Crippen molar-refractivity contribution in [1.82, 2.24) is 5.32 Å². The van der Waals surface area contributed by atoms with Crippen LogP contribution < -0.4 is 22.0 Å². The minimum absolute atomic E-state index is 0.00899. The fourth-order valence-corrected chi connectivity index (χ4v) is 3.37. The molecule has 0 saturated heterocycles. The van der Waals surface area contributed by atoms with Gasteiger partial charge in [0.1, 0.15) is 18.2 Å². The number of nitrogens with two attached hydrogens (primary N) is 1. The second-order valence-electron chi connectivity index (χ2n) is 7.72. The maximum absolute atomic E-state index is 13.2. The number of carbonyl (C=O) groups excluding carboxylic acids is 2. The number of alkyl carbamates (subject to hydrolysis) is 1. The molecule has 2 aromatic carbocycles. The number of hydrogen-bond donors (Lipinski definition) is 3. The Hall–Kier alpha value is -3.86. The zero-order valence-corrected chi connectivity index (χ0v) is 18.6. The molecule has 11 heteroatoms. The fourth-order valence-electron chi connectivity index (χ4n) is 3.37. The Kier molecular flexibility index (Phi) is 8.48. The van der Waals surface area contributed by atoms with Crippen LogP contribution in [0.25, 0.3) is 11.0 Å². The van der Waals surface area contributed by atoms with Crippen molar-refractivity contribution in [3.05, 3.63) is 76.1 Å². The molecule has 0 radical (unpaired) electrons. The van der Waals surface area contributed by atoms with Gasteiger partial charge in [0, 0.05) is 23.2 Å². The van der Waals surface area contributed by atoms with Crippen molar-refractivity contribution < 1.29 is 31.9 Å². The van der Waals surface area contributed by atoms with Crippen LogP contribution in [0.1, 0.15) is 30.4 Å². The Morgan fingerprint density at radius 3 is 2.49 bits per heavy atom. The Morgan fingerprint density at radius 1 is 1.06 bits per heavy atom. The van der Waals surface area contributed by atoms with Crippen molar-refractivity contribution in [3.63, 3.8) is 0 Å². The SMILES string of the molecule is NCCCCC(NC(=O)OCc1ccccc1)C(=O)Nc1ccc2c(C(F)(F)F)cc(=O)oc2c1. The van der Waals surface area contributed by atoms with E-state index in [9.17, 15) is 27.6 Å². The third-order valence-electron chi connectivity index (χ3n) is 5.09. The van der Waals surface area contributed by atoms with E-state index in [4.69, 9.17) is 14.9 Å². The van der Waals surface area contributed by atoms with Gasteiger partial charge in [-0.15, -0.1) is 0 Å². The van der Waals surface area contributed by atoms with Gasteiger partial charge in [0.2, 0.25) is 5.91 Å². The molecular weight excluding hydrogens is 467 g/mol. The van der Waals surface area contributed by atoms with Crippen LogP contribution in [0.4, 0.5) is 23.7 Å². The molecule has 0 saturated carbocycles. The van der Waals surface area contributed by atoms with Crippen LogP contribution in [0, 0.1) is 0 Å². The number of rotatable bonds is 9. The molecule has 0 aliphatic heterocycles. The van der Waals surface area contributed by atoms with Crippen LogP contribution in [0.15, 0.2) is 63.8 Å². The van der Waals surface area contributed by atoms with Gasteiger partial charge in [-0.2, -0.15) is 13.2 Å². The Labute approximate surface area is 198 Å². The summed E-state index contributed by atoms with van der Waals surface area (Å²) in [6.45, 7) is 0.410. The molecule has 0 bridgehead atoms. The molecule has 1 heterocycles. The summed E-state index contributed by atoms with van der Waals surface area (Å²) in [7, 11) is 0. The van der Waals surface area contributed by atoms with Crippen LogP contribution in [0.5, 0.6) is 0 Å². The van der Waals surface area contributed by atoms with E-state index in [2.05, 4.69) is 10.6 Å². The highest BCUT2D eigenvalue weighted by Crippen LogP contribution is 2.34. The van der Waals surface area contributed by atoms with Crippen LogP contribution in [0.3, 0.4) is 0 Å². The van der Waals surface area contributed by atoms with Gasteiger partial charge in [0.25, 0.3) is 0 Å². The van der Waals surface area contributed by atoms with Gasteiger partial charge in [-0.05, 0) is 43.5 Å². The van der Waals surface area contributed by atoms with Crippen molar-refractivity contribution in [1.29, 1.82) is 0 Å². The molecule has 0 aliphatic rings. The molecule has 3 aromatic rings. The molecule has 0 spiro atoms. The van der Waals surface area contributed by atoms with Crippen molar-refractivity contribution in [3.8, 4) is 0 Å².